The van der Waals surface area contributed by atoms with E-state index < -0.39 is 17.9 Å². The van der Waals surface area contributed by atoms with E-state index in [0.717, 1.165) is 5.56 Å². The molecule has 1 amide bonds. The maximum Gasteiger partial charge on any atom is 0.326 e. The first-order chi connectivity index (χ1) is 10.1. The molecule has 21 heavy (non-hydrogen) atoms. The Balaban J connectivity index is 1.96. The molecule has 0 aliphatic rings. The molecule has 6 heteroatoms. The van der Waals surface area contributed by atoms with Crippen molar-refractivity contribution in [2.75, 3.05) is 0 Å². The summed E-state index contributed by atoms with van der Waals surface area (Å²) in [5, 5.41) is 11.7. The molecule has 1 aromatic carbocycles. The number of carboxylic acids is 1. The van der Waals surface area contributed by atoms with Crippen molar-refractivity contribution in [1.82, 2.24) is 5.32 Å². The van der Waals surface area contributed by atoms with Crippen molar-refractivity contribution < 1.29 is 19.1 Å². The van der Waals surface area contributed by atoms with Gasteiger partial charge >= 0.3 is 5.97 Å². The molecule has 1 heterocycles. The normalized spacial score (nSPS) is 11.9. The van der Waals surface area contributed by atoms with E-state index >= 15 is 0 Å². The number of hydrogen-bond acceptors (Lipinski definition) is 3. The van der Waals surface area contributed by atoms with Crippen molar-refractivity contribution in [3.05, 3.63) is 59.0 Å². The summed E-state index contributed by atoms with van der Waals surface area (Å²) in [5.74, 6) is -1.69. The Labute approximate surface area is 126 Å². The quantitative estimate of drug-likeness (QED) is 0.860. The molecule has 5 nitrogen and oxygen atoms in total. The van der Waals surface area contributed by atoms with Crippen LogP contribution in [-0.2, 0) is 11.2 Å². The average molecular weight is 308 g/mol. The molecule has 2 rings (SSSR count). The van der Waals surface area contributed by atoms with Crippen LogP contribution in [0.25, 0.3) is 0 Å². The summed E-state index contributed by atoms with van der Waals surface area (Å²) >= 11 is 5.58. The van der Waals surface area contributed by atoms with Crippen LogP contribution >= 0.6 is 11.6 Å². The minimum atomic E-state index is -1.09. The summed E-state index contributed by atoms with van der Waals surface area (Å²) < 4.78 is 4.95. The molecule has 0 saturated carbocycles. The number of aliphatic carboxylic acids is 1. The van der Waals surface area contributed by atoms with Crippen molar-refractivity contribution in [1.29, 1.82) is 0 Å². The lowest BCUT2D eigenvalue weighted by Crippen LogP contribution is -2.41. The fourth-order valence-electron chi connectivity index (χ4n) is 1.88. The fourth-order valence-corrected chi connectivity index (χ4v) is 2.02. The van der Waals surface area contributed by atoms with E-state index in [9.17, 15) is 14.7 Å². The number of benzene rings is 1. The van der Waals surface area contributed by atoms with E-state index in [1.54, 1.807) is 0 Å². The molecule has 1 unspecified atom stereocenters. The Morgan fingerprint density at radius 2 is 1.90 bits per heavy atom. The van der Waals surface area contributed by atoms with Crippen molar-refractivity contribution in [2.24, 2.45) is 0 Å². The molecule has 0 fully saturated rings. The summed E-state index contributed by atoms with van der Waals surface area (Å²) in [6.45, 7) is 0. The maximum absolute atomic E-state index is 11.9. The Morgan fingerprint density at radius 3 is 2.48 bits per heavy atom. The van der Waals surface area contributed by atoms with Crippen LogP contribution in [0.2, 0.25) is 5.22 Å². The number of amides is 1. The molecule has 0 radical (unpaired) electrons. The monoisotopic (exact) mass is 307 g/mol. The molecule has 2 aromatic rings. The standard InChI is InChI=1S/C15H14ClNO4/c16-13-9-8-12(21-13)14(18)17-11(15(19)20)7-6-10-4-2-1-3-5-10/h1-5,8-9,11H,6-7H2,(H,17,18)(H,19,20). The van der Waals surface area contributed by atoms with Gasteiger partial charge in [-0.25, -0.2) is 4.79 Å². The van der Waals surface area contributed by atoms with Gasteiger partial charge in [-0.2, -0.15) is 0 Å². The van der Waals surface area contributed by atoms with Crippen LogP contribution < -0.4 is 5.32 Å². The number of hydrogen-bond donors (Lipinski definition) is 2. The maximum atomic E-state index is 11.9. The van der Waals surface area contributed by atoms with Gasteiger partial charge in [0.05, 0.1) is 0 Å². The topological polar surface area (TPSA) is 79.5 Å². The van der Waals surface area contributed by atoms with Crippen molar-refractivity contribution in [3.8, 4) is 0 Å². The molecular weight excluding hydrogens is 294 g/mol. The van der Waals surface area contributed by atoms with Gasteiger partial charge in [0.25, 0.3) is 5.91 Å². The van der Waals surface area contributed by atoms with E-state index in [-0.39, 0.29) is 11.0 Å². The molecular formula is C15H14ClNO4. The van der Waals surface area contributed by atoms with E-state index in [1.165, 1.54) is 12.1 Å². The second-order valence-corrected chi connectivity index (χ2v) is 4.86. The largest absolute Gasteiger partial charge is 0.480 e. The molecule has 0 aliphatic heterocycles. The predicted molar refractivity (Wildman–Crippen MR) is 77.4 cm³/mol. The first kappa shape index (κ1) is 15.1. The average Bonchev–Trinajstić information content (AvgIpc) is 2.90. The molecule has 1 atom stereocenters. The molecule has 0 aliphatic carbocycles. The third-order valence-electron chi connectivity index (χ3n) is 2.96. The Bertz CT molecular complexity index is 624. The zero-order chi connectivity index (χ0) is 15.2. The highest BCUT2D eigenvalue weighted by molar-refractivity contribution is 6.29. The third kappa shape index (κ3) is 4.36. The van der Waals surface area contributed by atoms with Gasteiger partial charge < -0.3 is 14.8 Å². The second kappa shape index (κ2) is 6.95. The minimum Gasteiger partial charge on any atom is -0.480 e. The van der Waals surface area contributed by atoms with Crippen LogP contribution in [0.15, 0.2) is 46.9 Å². The number of halogens is 1. The zero-order valence-electron chi connectivity index (χ0n) is 11.1. The molecule has 110 valence electrons. The number of carbonyl (C=O) groups excluding carboxylic acids is 1. The summed E-state index contributed by atoms with van der Waals surface area (Å²) in [6.07, 6.45) is 0.844. The highest BCUT2D eigenvalue weighted by Gasteiger charge is 2.22. The minimum absolute atomic E-state index is 0.00837. The van der Waals surface area contributed by atoms with Gasteiger partial charge in [-0.3, -0.25) is 4.79 Å². The summed E-state index contributed by atoms with van der Waals surface area (Å²) in [5.41, 5.74) is 1.01. The van der Waals surface area contributed by atoms with Crippen molar-refractivity contribution in [3.63, 3.8) is 0 Å². The van der Waals surface area contributed by atoms with Gasteiger partial charge in [0.15, 0.2) is 11.0 Å². The second-order valence-electron chi connectivity index (χ2n) is 4.49. The lowest BCUT2D eigenvalue weighted by Gasteiger charge is -2.13. The Hall–Kier alpha value is -2.27. The molecule has 0 bridgehead atoms. The van der Waals surface area contributed by atoms with Gasteiger partial charge in [-0.05, 0) is 42.1 Å². The summed E-state index contributed by atoms with van der Waals surface area (Å²) in [4.78, 5) is 23.1. The highest BCUT2D eigenvalue weighted by atomic mass is 35.5. The van der Waals surface area contributed by atoms with Crippen LogP contribution in [0, 0.1) is 0 Å². The van der Waals surface area contributed by atoms with Crippen LogP contribution in [-0.4, -0.2) is 23.0 Å². The number of nitrogens with one attached hydrogen (secondary N) is 1. The van der Waals surface area contributed by atoms with Crippen molar-refractivity contribution >= 4 is 23.5 Å². The zero-order valence-corrected chi connectivity index (χ0v) is 11.8. The molecule has 0 spiro atoms. The number of rotatable bonds is 6. The smallest absolute Gasteiger partial charge is 0.326 e. The lowest BCUT2D eigenvalue weighted by atomic mass is 10.1. The Morgan fingerprint density at radius 1 is 1.19 bits per heavy atom. The van der Waals surface area contributed by atoms with Crippen molar-refractivity contribution in [2.45, 2.75) is 18.9 Å². The molecule has 0 saturated heterocycles. The third-order valence-corrected chi connectivity index (χ3v) is 3.17. The number of carbonyl (C=O) groups is 2. The predicted octanol–water partition coefficient (Wildman–Crippen LogP) is 2.75. The fraction of sp³-hybridized carbons (Fsp3) is 0.200. The first-order valence-electron chi connectivity index (χ1n) is 6.39. The van der Waals surface area contributed by atoms with Crippen LogP contribution in [0.5, 0.6) is 0 Å². The highest BCUT2D eigenvalue weighted by Crippen LogP contribution is 2.13. The number of furan rings is 1. The van der Waals surface area contributed by atoms with E-state index in [2.05, 4.69) is 5.32 Å². The van der Waals surface area contributed by atoms with Crippen LogP contribution in [0.4, 0.5) is 0 Å². The SMILES string of the molecule is O=C(NC(CCc1ccccc1)C(=O)O)c1ccc(Cl)o1. The van der Waals surface area contributed by atoms with Gasteiger partial charge in [-0.1, -0.05) is 30.3 Å². The van der Waals surface area contributed by atoms with Gasteiger partial charge in [-0.15, -0.1) is 0 Å². The van der Waals surface area contributed by atoms with Crippen LogP contribution in [0.3, 0.4) is 0 Å². The first-order valence-corrected chi connectivity index (χ1v) is 6.77. The van der Waals surface area contributed by atoms with Gasteiger partial charge in [0.2, 0.25) is 0 Å². The van der Waals surface area contributed by atoms with Crippen LogP contribution in [0.1, 0.15) is 22.5 Å². The Kier molecular flexibility index (Phi) is 5.00. The lowest BCUT2D eigenvalue weighted by molar-refractivity contribution is -0.139. The molecule has 2 N–H and O–H groups in total. The summed E-state index contributed by atoms with van der Waals surface area (Å²) in [6, 6.07) is 11.3. The van der Waals surface area contributed by atoms with Gasteiger partial charge in [0.1, 0.15) is 6.04 Å². The van der Waals surface area contributed by atoms with E-state index in [0.29, 0.717) is 12.8 Å². The molecule has 1 aromatic heterocycles. The number of carboxylic acid groups (broad SMARTS) is 1. The van der Waals surface area contributed by atoms with E-state index in [4.69, 9.17) is 16.0 Å². The van der Waals surface area contributed by atoms with Gasteiger partial charge in [0, 0.05) is 0 Å². The summed E-state index contributed by atoms with van der Waals surface area (Å²) in [7, 11) is 0. The van der Waals surface area contributed by atoms with E-state index in [1.807, 2.05) is 30.3 Å². The number of aryl methyl sites for hydroxylation is 1.